The summed E-state index contributed by atoms with van der Waals surface area (Å²) in [6.07, 6.45) is 11.6. The van der Waals surface area contributed by atoms with E-state index in [2.05, 4.69) is 15.4 Å². The van der Waals surface area contributed by atoms with Crippen LogP contribution in [-0.4, -0.2) is 46.0 Å². The van der Waals surface area contributed by atoms with Crippen LogP contribution in [0.1, 0.15) is 41.6 Å². The Bertz CT molecular complexity index is 1080. The van der Waals surface area contributed by atoms with Crippen LogP contribution in [0.4, 0.5) is 0 Å². The predicted molar refractivity (Wildman–Crippen MR) is 116 cm³/mol. The SMILES string of the molecule is Cc1ccc(C(=O)NC2CC2)cc1-c1cnn(-c2cncc(OC[C@H]3CCCO3)c2)c1. The lowest BCUT2D eigenvalue weighted by molar-refractivity contribution is 0.0678. The molecule has 1 N–H and O–H groups in total. The lowest BCUT2D eigenvalue weighted by Gasteiger charge is -2.11. The molecule has 31 heavy (non-hydrogen) atoms. The number of aromatic nitrogens is 3. The fourth-order valence-corrected chi connectivity index (χ4v) is 3.75. The topological polar surface area (TPSA) is 78.3 Å². The molecule has 3 heterocycles. The number of ether oxygens (including phenoxy) is 2. The Hall–Kier alpha value is -3.19. The van der Waals surface area contributed by atoms with Gasteiger partial charge in [0.25, 0.3) is 5.91 Å². The molecule has 1 saturated carbocycles. The Morgan fingerprint density at radius 2 is 2.13 bits per heavy atom. The molecule has 2 aliphatic rings. The fraction of sp³-hybridized carbons (Fsp3) is 0.375. The largest absolute Gasteiger partial charge is 0.489 e. The van der Waals surface area contributed by atoms with Crippen molar-refractivity contribution in [1.82, 2.24) is 20.1 Å². The van der Waals surface area contributed by atoms with Crippen molar-refractivity contribution in [1.29, 1.82) is 0 Å². The first-order valence-corrected chi connectivity index (χ1v) is 10.8. The molecule has 5 rings (SSSR count). The molecule has 0 unspecified atom stereocenters. The zero-order valence-corrected chi connectivity index (χ0v) is 17.6. The number of carbonyl (C=O) groups excluding carboxylic acids is 1. The standard InChI is InChI=1S/C24H26N4O3/c1-16-4-5-17(24(29)27-19-6-7-19)9-23(16)18-11-26-28(14-18)20-10-22(13-25-12-20)31-15-21-3-2-8-30-21/h4-5,9-14,19,21H,2-3,6-8,15H2,1H3,(H,27,29)/t21-/m1/s1. The highest BCUT2D eigenvalue weighted by molar-refractivity contribution is 5.96. The van der Waals surface area contributed by atoms with Gasteiger partial charge in [0.05, 0.1) is 30.4 Å². The molecule has 1 saturated heterocycles. The Balaban J connectivity index is 1.34. The van der Waals surface area contributed by atoms with Crippen molar-refractivity contribution in [2.45, 2.75) is 44.8 Å². The summed E-state index contributed by atoms with van der Waals surface area (Å²) in [5.74, 6) is 0.677. The van der Waals surface area contributed by atoms with Crippen molar-refractivity contribution in [3.63, 3.8) is 0 Å². The molecule has 0 spiro atoms. The molecular formula is C24H26N4O3. The van der Waals surface area contributed by atoms with Crippen molar-refractivity contribution in [3.05, 3.63) is 60.2 Å². The number of aryl methyl sites for hydroxylation is 1. The van der Waals surface area contributed by atoms with E-state index >= 15 is 0 Å². The average Bonchev–Trinajstić information content (AvgIpc) is 3.25. The second-order valence-electron chi connectivity index (χ2n) is 8.28. The lowest BCUT2D eigenvalue weighted by Crippen LogP contribution is -2.25. The van der Waals surface area contributed by atoms with Gasteiger partial charge in [0.1, 0.15) is 12.4 Å². The number of rotatable bonds is 7. The molecular weight excluding hydrogens is 392 g/mol. The van der Waals surface area contributed by atoms with Crippen LogP contribution >= 0.6 is 0 Å². The minimum atomic E-state index is -0.0172. The highest BCUT2D eigenvalue weighted by Crippen LogP contribution is 2.27. The zero-order valence-electron chi connectivity index (χ0n) is 17.6. The summed E-state index contributed by atoms with van der Waals surface area (Å²) in [7, 11) is 0. The van der Waals surface area contributed by atoms with Gasteiger partial charge in [-0.05, 0) is 55.9 Å². The molecule has 1 aliphatic heterocycles. The maximum atomic E-state index is 12.4. The summed E-state index contributed by atoms with van der Waals surface area (Å²) < 4.78 is 13.3. The summed E-state index contributed by atoms with van der Waals surface area (Å²) in [6, 6.07) is 8.05. The number of benzene rings is 1. The average molecular weight is 418 g/mol. The van der Waals surface area contributed by atoms with E-state index in [4.69, 9.17) is 9.47 Å². The van der Waals surface area contributed by atoms with Crippen LogP contribution in [0, 0.1) is 6.92 Å². The van der Waals surface area contributed by atoms with Gasteiger partial charge < -0.3 is 14.8 Å². The molecule has 1 atom stereocenters. The molecule has 1 aliphatic carbocycles. The molecule has 0 bridgehead atoms. The lowest BCUT2D eigenvalue weighted by atomic mass is 10.0. The smallest absolute Gasteiger partial charge is 0.251 e. The third-order valence-corrected chi connectivity index (χ3v) is 5.73. The molecule has 160 valence electrons. The Morgan fingerprint density at radius 1 is 1.23 bits per heavy atom. The van der Waals surface area contributed by atoms with E-state index in [9.17, 15) is 4.79 Å². The first kappa shape index (κ1) is 19.8. The monoisotopic (exact) mass is 418 g/mol. The van der Waals surface area contributed by atoms with Crippen LogP contribution in [0.5, 0.6) is 5.75 Å². The van der Waals surface area contributed by atoms with Gasteiger partial charge in [-0.3, -0.25) is 9.78 Å². The molecule has 7 heteroatoms. The highest BCUT2D eigenvalue weighted by Gasteiger charge is 2.24. The molecule has 0 radical (unpaired) electrons. The normalized spacial score (nSPS) is 18.2. The van der Waals surface area contributed by atoms with Crippen LogP contribution in [0.25, 0.3) is 16.8 Å². The Kier molecular flexibility index (Phi) is 5.42. The summed E-state index contributed by atoms with van der Waals surface area (Å²) in [6.45, 7) is 3.38. The Labute approximate surface area is 181 Å². The predicted octanol–water partition coefficient (Wildman–Crippen LogP) is 3.69. The maximum Gasteiger partial charge on any atom is 0.251 e. The Morgan fingerprint density at radius 3 is 2.94 bits per heavy atom. The van der Waals surface area contributed by atoms with Gasteiger partial charge in [0, 0.05) is 36.0 Å². The van der Waals surface area contributed by atoms with E-state index in [-0.39, 0.29) is 12.0 Å². The van der Waals surface area contributed by atoms with Gasteiger partial charge in [-0.1, -0.05) is 6.07 Å². The third-order valence-electron chi connectivity index (χ3n) is 5.73. The van der Waals surface area contributed by atoms with Gasteiger partial charge in [-0.15, -0.1) is 0 Å². The highest BCUT2D eigenvalue weighted by atomic mass is 16.5. The van der Waals surface area contributed by atoms with Gasteiger partial charge >= 0.3 is 0 Å². The number of nitrogens with one attached hydrogen (secondary N) is 1. The second-order valence-corrected chi connectivity index (χ2v) is 8.28. The van der Waals surface area contributed by atoms with E-state index in [1.807, 2.05) is 43.6 Å². The van der Waals surface area contributed by atoms with E-state index < -0.39 is 0 Å². The van der Waals surface area contributed by atoms with Crippen molar-refractivity contribution < 1.29 is 14.3 Å². The molecule has 3 aromatic rings. The van der Waals surface area contributed by atoms with Crippen LogP contribution in [-0.2, 0) is 4.74 Å². The van der Waals surface area contributed by atoms with Crippen molar-refractivity contribution in [3.8, 4) is 22.6 Å². The minimum absolute atomic E-state index is 0.0172. The molecule has 1 amide bonds. The summed E-state index contributed by atoms with van der Waals surface area (Å²) in [5, 5.41) is 7.56. The summed E-state index contributed by atoms with van der Waals surface area (Å²) in [5.41, 5.74) is 4.52. The molecule has 2 aromatic heterocycles. The molecule has 1 aromatic carbocycles. The number of nitrogens with zero attached hydrogens (tertiary/aromatic N) is 3. The fourth-order valence-electron chi connectivity index (χ4n) is 3.75. The molecule has 2 fully saturated rings. The quantitative estimate of drug-likeness (QED) is 0.633. The van der Waals surface area contributed by atoms with Crippen LogP contribution in [0.2, 0.25) is 0 Å². The number of amides is 1. The van der Waals surface area contributed by atoms with Crippen LogP contribution in [0.3, 0.4) is 0 Å². The van der Waals surface area contributed by atoms with Crippen LogP contribution < -0.4 is 10.1 Å². The van der Waals surface area contributed by atoms with Gasteiger partial charge in [0.2, 0.25) is 0 Å². The number of hydrogen-bond acceptors (Lipinski definition) is 5. The summed E-state index contributed by atoms with van der Waals surface area (Å²) >= 11 is 0. The number of pyridine rings is 1. The number of hydrogen-bond donors (Lipinski definition) is 1. The summed E-state index contributed by atoms with van der Waals surface area (Å²) in [4.78, 5) is 16.7. The van der Waals surface area contributed by atoms with Gasteiger partial charge in [0.15, 0.2) is 0 Å². The molecule has 7 nitrogen and oxygen atoms in total. The van der Waals surface area contributed by atoms with Gasteiger partial charge in [-0.25, -0.2) is 4.68 Å². The second kappa shape index (κ2) is 8.51. The first-order chi connectivity index (χ1) is 15.2. The number of carbonyl (C=O) groups is 1. The van der Waals surface area contributed by atoms with Crippen molar-refractivity contribution in [2.75, 3.05) is 13.2 Å². The van der Waals surface area contributed by atoms with Crippen molar-refractivity contribution >= 4 is 5.91 Å². The zero-order chi connectivity index (χ0) is 21.2. The van der Waals surface area contributed by atoms with Crippen molar-refractivity contribution in [2.24, 2.45) is 0 Å². The van der Waals surface area contributed by atoms with E-state index in [0.29, 0.717) is 24.0 Å². The minimum Gasteiger partial charge on any atom is -0.489 e. The van der Waals surface area contributed by atoms with E-state index in [1.165, 1.54) is 0 Å². The van der Waals surface area contributed by atoms with Gasteiger partial charge in [-0.2, -0.15) is 5.10 Å². The van der Waals surface area contributed by atoms with E-state index in [1.54, 1.807) is 17.1 Å². The van der Waals surface area contributed by atoms with E-state index in [0.717, 1.165) is 54.7 Å². The third kappa shape index (κ3) is 4.61. The maximum absolute atomic E-state index is 12.4. The first-order valence-electron chi connectivity index (χ1n) is 10.8. The van der Waals surface area contributed by atoms with Crippen LogP contribution in [0.15, 0.2) is 49.1 Å².